The van der Waals surface area contributed by atoms with Crippen LogP contribution in [0, 0.1) is 11.7 Å². The maximum Gasteiger partial charge on any atom is 0.251 e. The highest BCUT2D eigenvalue weighted by Crippen LogP contribution is 2.44. The number of nitrogen functional groups attached to an aromatic ring is 1. The molecule has 1 aliphatic heterocycles. The van der Waals surface area contributed by atoms with Gasteiger partial charge in [0.1, 0.15) is 23.0 Å². The van der Waals surface area contributed by atoms with E-state index < -0.39 is 0 Å². The predicted octanol–water partition coefficient (Wildman–Crippen LogP) is 6.26. The Morgan fingerprint density at radius 1 is 1.20 bits per heavy atom. The Hall–Kier alpha value is -3.94. The summed E-state index contributed by atoms with van der Waals surface area (Å²) in [4.78, 5) is 23.2. The molecule has 0 radical (unpaired) electrons. The Morgan fingerprint density at radius 2 is 1.95 bits per heavy atom. The average molecular weight is 557 g/mol. The molecule has 1 amide bonds. The van der Waals surface area contributed by atoms with E-state index in [2.05, 4.69) is 23.3 Å². The van der Waals surface area contributed by atoms with Gasteiger partial charge >= 0.3 is 0 Å². The molecule has 2 aromatic carbocycles. The minimum atomic E-state index is -0.288. The van der Waals surface area contributed by atoms with Crippen LogP contribution in [-0.2, 0) is 0 Å². The molecule has 2 saturated carbocycles. The van der Waals surface area contributed by atoms with Crippen molar-refractivity contribution in [3.8, 4) is 22.8 Å². The number of nitrogens with zero attached hydrogens (tertiary/aromatic N) is 2. The number of aliphatic imine (C=N–C) groups is 1. The molecule has 6 rings (SSSR count). The molecule has 8 heteroatoms. The fraction of sp³-hybridized carbons (Fsp3) is 0.424. The van der Waals surface area contributed by atoms with Crippen molar-refractivity contribution >= 4 is 17.8 Å². The molecular formula is C33H37FN4O3. The van der Waals surface area contributed by atoms with Gasteiger partial charge in [-0.2, -0.15) is 0 Å². The summed E-state index contributed by atoms with van der Waals surface area (Å²) in [6.07, 6.45) is 8.44. The summed E-state index contributed by atoms with van der Waals surface area (Å²) < 4.78 is 25.3. The second kappa shape index (κ2) is 11.5. The number of ether oxygens (including phenoxy) is 2. The number of nitrogens with two attached hydrogens (primary N) is 1. The van der Waals surface area contributed by atoms with Crippen molar-refractivity contribution in [2.24, 2.45) is 10.9 Å². The number of amides is 1. The van der Waals surface area contributed by atoms with Gasteiger partial charge in [-0.25, -0.2) is 9.37 Å². The van der Waals surface area contributed by atoms with Gasteiger partial charge in [0.25, 0.3) is 5.91 Å². The standard InChI is InChI=1S/C33H37FN4O3/c1-19-18-41-32-26(19)15-28(38-31(32)21-7-9-24(34)10-8-21)27(20-5-3-4-6-20)17-37-33(39)22-13-23(16-36-25-11-12-25)30(35)29(14-22)40-2/h7-10,13-16,19-20,25,27H,3-6,11-12,17-18,35H2,1-2H3,(H,37,39). The monoisotopic (exact) mass is 556 g/mol. The lowest BCUT2D eigenvalue weighted by Crippen LogP contribution is -2.31. The first-order valence-electron chi connectivity index (χ1n) is 14.6. The predicted molar refractivity (Wildman–Crippen MR) is 159 cm³/mol. The lowest BCUT2D eigenvalue weighted by atomic mass is 9.85. The van der Waals surface area contributed by atoms with Crippen LogP contribution in [0.2, 0.25) is 0 Å². The molecule has 0 bridgehead atoms. The molecular weight excluding hydrogens is 519 g/mol. The van der Waals surface area contributed by atoms with Gasteiger partial charge in [-0.15, -0.1) is 0 Å². The number of halogens is 1. The first kappa shape index (κ1) is 27.2. The minimum Gasteiger partial charge on any atom is -0.495 e. The van der Waals surface area contributed by atoms with Crippen LogP contribution in [0.15, 0.2) is 47.5 Å². The number of hydrogen-bond donors (Lipinski definition) is 2. The summed E-state index contributed by atoms with van der Waals surface area (Å²) in [5, 5.41) is 3.19. The molecule has 3 aliphatic rings. The van der Waals surface area contributed by atoms with Gasteiger partial charge in [0.15, 0.2) is 0 Å². The zero-order valence-electron chi connectivity index (χ0n) is 23.7. The number of anilines is 1. The molecule has 7 nitrogen and oxygen atoms in total. The summed E-state index contributed by atoms with van der Waals surface area (Å²) in [6, 6.07) is 12.4. The number of carbonyl (C=O) groups excluding carboxylic acids is 1. The number of nitrogens with one attached hydrogen (secondary N) is 1. The molecule has 0 saturated heterocycles. The second-order valence-electron chi connectivity index (χ2n) is 11.6. The summed E-state index contributed by atoms with van der Waals surface area (Å²) in [5.74, 6) is 1.42. The number of hydrogen-bond acceptors (Lipinski definition) is 6. The van der Waals surface area contributed by atoms with Crippen molar-refractivity contribution in [2.45, 2.75) is 63.3 Å². The highest BCUT2D eigenvalue weighted by atomic mass is 19.1. The summed E-state index contributed by atoms with van der Waals surface area (Å²) in [5.41, 5.74) is 11.6. The van der Waals surface area contributed by atoms with E-state index in [1.165, 1.54) is 25.0 Å². The fourth-order valence-corrected chi connectivity index (χ4v) is 6.02. The van der Waals surface area contributed by atoms with Crippen molar-refractivity contribution in [2.75, 3.05) is 26.0 Å². The third-order valence-corrected chi connectivity index (χ3v) is 8.61. The van der Waals surface area contributed by atoms with Crippen LogP contribution in [0.4, 0.5) is 10.1 Å². The average Bonchev–Trinajstić information content (AvgIpc) is 3.51. The molecule has 3 aromatic rings. The van der Waals surface area contributed by atoms with E-state index in [-0.39, 0.29) is 23.6 Å². The maximum atomic E-state index is 13.7. The lowest BCUT2D eigenvalue weighted by Gasteiger charge is -2.25. The Balaban J connectivity index is 1.31. The van der Waals surface area contributed by atoms with Gasteiger partial charge in [0.2, 0.25) is 0 Å². The fourth-order valence-electron chi connectivity index (χ4n) is 6.02. The Bertz CT molecular complexity index is 1460. The van der Waals surface area contributed by atoms with Crippen LogP contribution >= 0.6 is 0 Å². The van der Waals surface area contributed by atoms with Gasteiger partial charge in [0, 0.05) is 52.5 Å². The Labute approximate surface area is 240 Å². The molecule has 214 valence electrons. The molecule has 2 unspecified atom stereocenters. The smallest absolute Gasteiger partial charge is 0.251 e. The second-order valence-corrected chi connectivity index (χ2v) is 11.6. The Morgan fingerprint density at radius 3 is 2.66 bits per heavy atom. The van der Waals surface area contributed by atoms with Crippen LogP contribution in [0.3, 0.4) is 0 Å². The van der Waals surface area contributed by atoms with Crippen molar-refractivity contribution in [3.05, 3.63) is 70.7 Å². The molecule has 2 fully saturated rings. The summed E-state index contributed by atoms with van der Waals surface area (Å²) >= 11 is 0. The maximum absolute atomic E-state index is 13.7. The normalized spacial score (nSPS) is 19.2. The van der Waals surface area contributed by atoms with Gasteiger partial charge < -0.3 is 20.5 Å². The van der Waals surface area contributed by atoms with E-state index >= 15 is 0 Å². The third kappa shape index (κ3) is 5.78. The van der Waals surface area contributed by atoms with Crippen LogP contribution in [0.25, 0.3) is 11.3 Å². The van der Waals surface area contributed by atoms with E-state index in [0.717, 1.165) is 53.9 Å². The number of pyridine rings is 1. The highest BCUT2D eigenvalue weighted by Gasteiger charge is 2.32. The Kier molecular flexibility index (Phi) is 7.65. The van der Waals surface area contributed by atoms with Crippen molar-refractivity contribution in [3.63, 3.8) is 0 Å². The van der Waals surface area contributed by atoms with Gasteiger partial charge in [-0.05, 0) is 74.1 Å². The van der Waals surface area contributed by atoms with Crippen LogP contribution in [-0.4, -0.2) is 43.4 Å². The minimum absolute atomic E-state index is 0.0327. The largest absolute Gasteiger partial charge is 0.495 e. The first-order chi connectivity index (χ1) is 19.9. The van der Waals surface area contributed by atoms with E-state index in [1.54, 1.807) is 37.6 Å². The quantitative estimate of drug-likeness (QED) is 0.239. The van der Waals surface area contributed by atoms with Crippen molar-refractivity contribution in [1.82, 2.24) is 10.3 Å². The number of rotatable bonds is 9. The molecule has 3 N–H and O–H groups in total. The van der Waals surface area contributed by atoms with Crippen LogP contribution in [0.5, 0.6) is 11.5 Å². The van der Waals surface area contributed by atoms with Gasteiger partial charge in [0.05, 0.1) is 25.4 Å². The van der Waals surface area contributed by atoms with E-state index in [1.807, 2.05) is 0 Å². The summed E-state index contributed by atoms with van der Waals surface area (Å²) in [6.45, 7) is 3.19. The van der Waals surface area contributed by atoms with Crippen molar-refractivity contribution < 1.29 is 18.7 Å². The zero-order valence-corrected chi connectivity index (χ0v) is 23.7. The first-order valence-corrected chi connectivity index (χ1v) is 14.6. The summed E-state index contributed by atoms with van der Waals surface area (Å²) in [7, 11) is 1.55. The number of fused-ring (bicyclic) bond motifs is 1. The number of methoxy groups -OCH3 is 1. The molecule has 41 heavy (non-hydrogen) atoms. The number of carbonyl (C=O) groups is 1. The number of aromatic nitrogens is 1. The van der Waals surface area contributed by atoms with E-state index in [0.29, 0.717) is 47.7 Å². The van der Waals surface area contributed by atoms with Crippen LogP contribution < -0.4 is 20.5 Å². The van der Waals surface area contributed by atoms with E-state index in [9.17, 15) is 9.18 Å². The van der Waals surface area contributed by atoms with Gasteiger partial charge in [-0.3, -0.25) is 9.79 Å². The molecule has 2 atom stereocenters. The topological polar surface area (TPSA) is 98.8 Å². The SMILES string of the molecule is COc1cc(C(=O)NCC(c2cc3c(c(-c4ccc(F)cc4)n2)OCC3C)C2CCCC2)cc(C=NC2CC2)c1N. The molecule has 2 heterocycles. The highest BCUT2D eigenvalue weighted by molar-refractivity contribution is 5.99. The van der Waals surface area contributed by atoms with E-state index in [4.69, 9.17) is 20.2 Å². The lowest BCUT2D eigenvalue weighted by molar-refractivity contribution is 0.0947. The molecule has 2 aliphatic carbocycles. The van der Waals surface area contributed by atoms with Gasteiger partial charge in [-0.1, -0.05) is 19.8 Å². The molecule has 1 aromatic heterocycles. The van der Waals surface area contributed by atoms with Crippen molar-refractivity contribution in [1.29, 1.82) is 0 Å². The molecule has 0 spiro atoms. The number of benzene rings is 2. The zero-order chi connectivity index (χ0) is 28.5. The van der Waals surface area contributed by atoms with Crippen LogP contribution in [0.1, 0.15) is 84.5 Å². The third-order valence-electron chi connectivity index (χ3n) is 8.61.